The molecule has 0 heterocycles. The van der Waals surface area contributed by atoms with Crippen molar-refractivity contribution >= 4 is 5.97 Å². The van der Waals surface area contributed by atoms with Gasteiger partial charge in [0.2, 0.25) is 0 Å². The first-order chi connectivity index (χ1) is 10.5. The number of ether oxygens (including phenoxy) is 1. The van der Waals surface area contributed by atoms with Crippen molar-refractivity contribution in [3.63, 3.8) is 0 Å². The van der Waals surface area contributed by atoms with Crippen molar-refractivity contribution in [2.24, 2.45) is 0 Å². The SMILES string of the molecule is O=C(O)c1cc(C2CC2)c(OCC2(F)CCCCC2)cc1F. The Morgan fingerprint density at radius 2 is 1.95 bits per heavy atom. The average Bonchev–Trinajstić information content (AvgIpc) is 3.30. The molecule has 0 saturated heterocycles. The molecule has 0 unspecified atom stereocenters. The Kier molecular flexibility index (Phi) is 4.06. The Morgan fingerprint density at radius 1 is 1.27 bits per heavy atom. The highest BCUT2D eigenvalue weighted by molar-refractivity contribution is 5.88. The molecule has 0 bridgehead atoms. The van der Waals surface area contributed by atoms with Crippen LogP contribution >= 0.6 is 0 Å². The van der Waals surface area contributed by atoms with Gasteiger partial charge < -0.3 is 9.84 Å². The van der Waals surface area contributed by atoms with E-state index in [0.717, 1.165) is 38.2 Å². The van der Waals surface area contributed by atoms with Crippen LogP contribution in [-0.4, -0.2) is 23.4 Å². The number of aromatic carboxylic acids is 1. The molecular weight excluding hydrogens is 290 g/mol. The molecule has 5 heteroatoms. The van der Waals surface area contributed by atoms with E-state index in [4.69, 9.17) is 9.84 Å². The van der Waals surface area contributed by atoms with Gasteiger partial charge in [0.15, 0.2) is 0 Å². The number of carboxylic acid groups (broad SMARTS) is 1. The van der Waals surface area contributed by atoms with Gasteiger partial charge >= 0.3 is 5.97 Å². The molecule has 0 radical (unpaired) electrons. The number of rotatable bonds is 5. The van der Waals surface area contributed by atoms with E-state index in [-0.39, 0.29) is 18.1 Å². The molecular formula is C17H20F2O3. The molecule has 2 fully saturated rings. The second-order valence-corrected chi connectivity index (χ2v) is 6.45. The summed E-state index contributed by atoms with van der Waals surface area (Å²) in [5.41, 5.74) is -0.999. The van der Waals surface area contributed by atoms with E-state index in [2.05, 4.69) is 0 Å². The smallest absolute Gasteiger partial charge is 0.338 e. The van der Waals surface area contributed by atoms with Crippen LogP contribution in [0.4, 0.5) is 8.78 Å². The number of carbonyl (C=O) groups is 1. The Bertz CT molecular complexity index is 576. The Morgan fingerprint density at radius 3 is 2.55 bits per heavy atom. The number of benzene rings is 1. The average molecular weight is 310 g/mol. The number of hydrogen-bond acceptors (Lipinski definition) is 2. The van der Waals surface area contributed by atoms with Gasteiger partial charge in [0.25, 0.3) is 0 Å². The molecule has 0 atom stereocenters. The summed E-state index contributed by atoms with van der Waals surface area (Å²) in [5.74, 6) is -1.62. The Labute approximate surface area is 128 Å². The third-order valence-corrected chi connectivity index (χ3v) is 4.58. The minimum atomic E-state index is -1.35. The Hall–Kier alpha value is -1.65. The van der Waals surface area contributed by atoms with E-state index in [1.807, 2.05) is 0 Å². The van der Waals surface area contributed by atoms with Gasteiger partial charge in [0.05, 0.1) is 5.56 Å². The lowest BCUT2D eigenvalue weighted by Gasteiger charge is -2.29. The van der Waals surface area contributed by atoms with Crippen molar-refractivity contribution in [3.05, 3.63) is 29.1 Å². The van der Waals surface area contributed by atoms with Crippen molar-refractivity contribution in [3.8, 4) is 5.75 Å². The molecule has 1 N–H and O–H groups in total. The van der Waals surface area contributed by atoms with Crippen molar-refractivity contribution < 1.29 is 23.4 Å². The zero-order chi connectivity index (χ0) is 15.7. The largest absolute Gasteiger partial charge is 0.490 e. The fourth-order valence-corrected chi connectivity index (χ4v) is 3.11. The minimum absolute atomic E-state index is 0.0847. The number of carboxylic acids is 1. The number of halogens is 2. The summed E-state index contributed by atoms with van der Waals surface area (Å²) < 4.78 is 34.1. The van der Waals surface area contributed by atoms with Crippen LogP contribution < -0.4 is 4.74 Å². The van der Waals surface area contributed by atoms with Crippen LogP contribution in [0.5, 0.6) is 5.75 Å². The molecule has 120 valence electrons. The normalized spacial score (nSPS) is 20.6. The maximum Gasteiger partial charge on any atom is 0.338 e. The van der Waals surface area contributed by atoms with E-state index >= 15 is 0 Å². The predicted molar refractivity (Wildman–Crippen MR) is 77.8 cm³/mol. The zero-order valence-electron chi connectivity index (χ0n) is 12.4. The van der Waals surface area contributed by atoms with Gasteiger partial charge in [-0.05, 0) is 43.2 Å². The molecule has 3 nitrogen and oxygen atoms in total. The van der Waals surface area contributed by atoms with Crippen LogP contribution in [0.15, 0.2) is 12.1 Å². The van der Waals surface area contributed by atoms with Crippen LogP contribution in [0.25, 0.3) is 0 Å². The van der Waals surface area contributed by atoms with Crippen LogP contribution in [0.2, 0.25) is 0 Å². The molecule has 2 saturated carbocycles. The highest BCUT2D eigenvalue weighted by Crippen LogP contribution is 2.45. The molecule has 22 heavy (non-hydrogen) atoms. The minimum Gasteiger partial charge on any atom is -0.490 e. The lowest BCUT2D eigenvalue weighted by molar-refractivity contribution is 0.0469. The van der Waals surface area contributed by atoms with Crippen molar-refractivity contribution in [2.75, 3.05) is 6.61 Å². The first kappa shape index (κ1) is 15.3. The number of alkyl halides is 1. The summed E-state index contributed by atoms with van der Waals surface area (Å²) in [6, 6.07) is 2.44. The van der Waals surface area contributed by atoms with Crippen molar-refractivity contribution in [2.45, 2.75) is 56.5 Å². The second-order valence-electron chi connectivity index (χ2n) is 6.45. The second kappa shape index (κ2) is 5.86. The standard InChI is InChI=1S/C17H20F2O3/c18-14-9-15(22-10-17(19)6-2-1-3-7-17)12(11-4-5-11)8-13(14)16(20)21/h8-9,11H,1-7,10H2,(H,20,21). The predicted octanol–water partition coefficient (Wildman–Crippen LogP) is 4.45. The molecule has 2 aliphatic rings. The van der Waals surface area contributed by atoms with Crippen LogP contribution in [0.3, 0.4) is 0 Å². The molecule has 1 aromatic rings. The maximum absolute atomic E-state index is 14.6. The molecule has 0 aliphatic heterocycles. The van der Waals surface area contributed by atoms with Crippen LogP contribution in [0, 0.1) is 5.82 Å². The van der Waals surface area contributed by atoms with Gasteiger partial charge in [-0.15, -0.1) is 0 Å². The number of hydrogen-bond donors (Lipinski definition) is 1. The van der Waals surface area contributed by atoms with E-state index in [9.17, 15) is 13.6 Å². The molecule has 1 aromatic carbocycles. The van der Waals surface area contributed by atoms with E-state index in [0.29, 0.717) is 24.2 Å². The maximum atomic E-state index is 14.6. The first-order valence-corrected chi connectivity index (χ1v) is 7.87. The molecule has 0 spiro atoms. The summed E-state index contributed by atoms with van der Waals surface area (Å²) in [6.07, 6.45) is 5.55. The van der Waals surface area contributed by atoms with Gasteiger partial charge in [-0.2, -0.15) is 0 Å². The summed E-state index contributed by atoms with van der Waals surface area (Å²) in [5, 5.41) is 9.02. The van der Waals surface area contributed by atoms with Crippen molar-refractivity contribution in [1.82, 2.24) is 0 Å². The van der Waals surface area contributed by atoms with E-state index in [1.165, 1.54) is 6.07 Å². The highest BCUT2D eigenvalue weighted by Gasteiger charge is 2.34. The monoisotopic (exact) mass is 310 g/mol. The summed E-state index contributed by atoms with van der Waals surface area (Å²) in [7, 11) is 0. The summed E-state index contributed by atoms with van der Waals surface area (Å²) in [4.78, 5) is 11.0. The highest BCUT2D eigenvalue weighted by atomic mass is 19.1. The van der Waals surface area contributed by atoms with E-state index in [1.54, 1.807) is 0 Å². The first-order valence-electron chi connectivity index (χ1n) is 7.87. The third-order valence-electron chi connectivity index (χ3n) is 4.58. The van der Waals surface area contributed by atoms with Crippen LogP contribution in [0.1, 0.15) is 66.8 Å². The van der Waals surface area contributed by atoms with Gasteiger partial charge in [-0.3, -0.25) is 0 Å². The zero-order valence-corrected chi connectivity index (χ0v) is 12.4. The van der Waals surface area contributed by atoms with Crippen molar-refractivity contribution in [1.29, 1.82) is 0 Å². The lowest BCUT2D eigenvalue weighted by Crippen LogP contribution is -2.33. The summed E-state index contributed by atoms with van der Waals surface area (Å²) >= 11 is 0. The molecule has 2 aliphatic carbocycles. The van der Waals surface area contributed by atoms with E-state index < -0.39 is 17.5 Å². The molecule has 0 aromatic heterocycles. The van der Waals surface area contributed by atoms with Gasteiger partial charge in [0, 0.05) is 6.07 Å². The fraction of sp³-hybridized carbons (Fsp3) is 0.588. The summed E-state index contributed by atoms with van der Waals surface area (Å²) in [6.45, 7) is -0.0847. The quantitative estimate of drug-likeness (QED) is 0.874. The fourth-order valence-electron chi connectivity index (χ4n) is 3.11. The van der Waals surface area contributed by atoms with Gasteiger partial charge in [-0.25, -0.2) is 13.6 Å². The molecule has 3 rings (SSSR count). The van der Waals surface area contributed by atoms with Crippen LogP contribution in [-0.2, 0) is 0 Å². The Balaban J connectivity index is 1.80. The van der Waals surface area contributed by atoms with Gasteiger partial charge in [0.1, 0.15) is 23.8 Å². The molecule has 0 amide bonds. The topological polar surface area (TPSA) is 46.5 Å². The lowest BCUT2D eigenvalue weighted by atomic mass is 9.87. The third kappa shape index (κ3) is 3.23. The van der Waals surface area contributed by atoms with Gasteiger partial charge in [-0.1, -0.05) is 19.3 Å².